The number of ether oxygens (including phenoxy) is 1. The first-order valence-corrected chi connectivity index (χ1v) is 8.38. The minimum atomic E-state index is -0.449. The number of esters is 1. The summed E-state index contributed by atoms with van der Waals surface area (Å²) in [6.45, 7) is 4.19. The third-order valence-corrected chi connectivity index (χ3v) is 3.97. The highest BCUT2D eigenvalue weighted by molar-refractivity contribution is 5.98. The Hall–Kier alpha value is -2.76. The van der Waals surface area contributed by atoms with E-state index < -0.39 is 5.97 Å². The van der Waals surface area contributed by atoms with E-state index in [-0.39, 0.29) is 18.4 Å². The Morgan fingerprint density at radius 2 is 1.92 bits per heavy atom. The molecule has 2 aromatic rings. The molecule has 0 saturated carbocycles. The maximum absolute atomic E-state index is 12.3. The maximum atomic E-state index is 12.3. The molecule has 0 aliphatic carbocycles. The predicted octanol–water partition coefficient (Wildman–Crippen LogP) is 3.85. The predicted molar refractivity (Wildman–Crippen MR) is 96.8 cm³/mol. The van der Waals surface area contributed by atoms with Crippen molar-refractivity contribution in [1.82, 2.24) is 0 Å². The van der Waals surface area contributed by atoms with Gasteiger partial charge in [0, 0.05) is 6.04 Å². The summed E-state index contributed by atoms with van der Waals surface area (Å²) >= 11 is 0. The Morgan fingerprint density at radius 3 is 2.52 bits per heavy atom. The van der Waals surface area contributed by atoms with Crippen molar-refractivity contribution in [3.8, 4) is 0 Å². The minimum absolute atomic E-state index is 0.125. The van der Waals surface area contributed by atoms with Gasteiger partial charge < -0.3 is 19.8 Å². The van der Waals surface area contributed by atoms with Crippen LogP contribution in [0.5, 0.6) is 0 Å². The first-order chi connectivity index (χ1) is 12.1. The Morgan fingerprint density at radius 1 is 1.16 bits per heavy atom. The highest BCUT2D eigenvalue weighted by atomic mass is 16.5. The van der Waals surface area contributed by atoms with Crippen LogP contribution in [0.2, 0.25) is 0 Å². The second kappa shape index (κ2) is 8.92. The topological polar surface area (TPSA) is 80.6 Å². The van der Waals surface area contributed by atoms with Gasteiger partial charge in [-0.1, -0.05) is 13.8 Å². The van der Waals surface area contributed by atoms with Crippen LogP contribution in [0.1, 0.15) is 42.8 Å². The first kappa shape index (κ1) is 18.6. The van der Waals surface area contributed by atoms with Crippen molar-refractivity contribution < 1.29 is 18.7 Å². The van der Waals surface area contributed by atoms with Crippen molar-refractivity contribution >= 4 is 23.3 Å². The summed E-state index contributed by atoms with van der Waals surface area (Å²) in [5.74, 6) is -0.0868. The van der Waals surface area contributed by atoms with Crippen molar-refractivity contribution in [2.45, 2.75) is 39.2 Å². The summed E-state index contributed by atoms with van der Waals surface area (Å²) in [5.41, 5.74) is 1.70. The van der Waals surface area contributed by atoms with E-state index in [0.29, 0.717) is 17.0 Å². The molecule has 0 fully saturated rings. The van der Waals surface area contributed by atoms with E-state index >= 15 is 0 Å². The van der Waals surface area contributed by atoms with Crippen LogP contribution in [0.15, 0.2) is 41.0 Å². The van der Waals surface area contributed by atoms with Gasteiger partial charge in [-0.15, -0.1) is 0 Å². The van der Waals surface area contributed by atoms with E-state index in [1.165, 1.54) is 13.4 Å². The van der Waals surface area contributed by atoms with Crippen LogP contribution in [0.25, 0.3) is 0 Å². The molecule has 6 nitrogen and oxygen atoms in total. The number of nitrogens with one attached hydrogen (secondary N) is 2. The molecule has 2 rings (SSSR count). The van der Waals surface area contributed by atoms with Crippen LogP contribution in [0.4, 0.5) is 11.4 Å². The fourth-order valence-electron chi connectivity index (χ4n) is 2.50. The normalized spacial score (nSPS) is 10.6. The second-order valence-electron chi connectivity index (χ2n) is 5.71. The Labute approximate surface area is 147 Å². The first-order valence-electron chi connectivity index (χ1n) is 8.38. The second-order valence-corrected chi connectivity index (χ2v) is 5.71. The summed E-state index contributed by atoms with van der Waals surface area (Å²) in [6, 6.07) is 8.85. The van der Waals surface area contributed by atoms with Crippen LogP contribution in [-0.4, -0.2) is 25.0 Å². The summed E-state index contributed by atoms with van der Waals surface area (Å²) in [5, 5.41) is 6.26. The maximum Gasteiger partial charge on any atom is 0.337 e. The lowest BCUT2D eigenvalue weighted by molar-refractivity contribution is -0.115. The molecule has 1 aromatic heterocycles. The number of amides is 1. The van der Waals surface area contributed by atoms with Crippen molar-refractivity contribution in [2.75, 3.05) is 17.7 Å². The SMILES string of the molecule is CCC(CC)Nc1ccc(C(=O)OC)cc1NC(=O)Cc1ccco1. The van der Waals surface area contributed by atoms with Gasteiger partial charge in [0.25, 0.3) is 0 Å². The molecular formula is C19H24N2O4. The van der Waals surface area contributed by atoms with Crippen molar-refractivity contribution in [1.29, 1.82) is 0 Å². The van der Waals surface area contributed by atoms with Gasteiger partial charge in [-0.3, -0.25) is 4.79 Å². The van der Waals surface area contributed by atoms with Gasteiger partial charge in [-0.05, 0) is 43.2 Å². The van der Waals surface area contributed by atoms with Gasteiger partial charge >= 0.3 is 5.97 Å². The lowest BCUT2D eigenvalue weighted by Gasteiger charge is -2.20. The average Bonchev–Trinajstić information content (AvgIpc) is 3.12. The van der Waals surface area contributed by atoms with Gasteiger partial charge in [0.05, 0.1) is 36.7 Å². The zero-order valence-electron chi connectivity index (χ0n) is 14.8. The zero-order valence-corrected chi connectivity index (χ0v) is 14.8. The van der Waals surface area contributed by atoms with Gasteiger partial charge in [-0.2, -0.15) is 0 Å². The molecule has 0 atom stereocenters. The molecule has 1 aromatic carbocycles. The van der Waals surface area contributed by atoms with Gasteiger partial charge in [0.1, 0.15) is 5.76 Å². The van der Waals surface area contributed by atoms with E-state index in [1.54, 1.807) is 30.3 Å². The number of hydrogen-bond donors (Lipinski definition) is 2. The quantitative estimate of drug-likeness (QED) is 0.711. The molecule has 2 N–H and O–H groups in total. The Bertz CT molecular complexity index is 706. The molecule has 0 spiro atoms. The average molecular weight is 344 g/mol. The fraction of sp³-hybridized carbons (Fsp3) is 0.368. The van der Waals surface area contributed by atoms with Gasteiger partial charge in [-0.25, -0.2) is 4.79 Å². The molecule has 1 heterocycles. The lowest BCUT2D eigenvalue weighted by Crippen LogP contribution is -2.20. The van der Waals surface area contributed by atoms with Crippen molar-refractivity contribution in [3.63, 3.8) is 0 Å². The number of carbonyl (C=O) groups excluding carboxylic acids is 2. The van der Waals surface area contributed by atoms with Crippen LogP contribution in [0.3, 0.4) is 0 Å². The minimum Gasteiger partial charge on any atom is -0.469 e. The number of methoxy groups -OCH3 is 1. The smallest absolute Gasteiger partial charge is 0.337 e. The summed E-state index contributed by atoms with van der Waals surface area (Å²) in [6.07, 6.45) is 3.56. The molecule has 1 amide bonds. The van der Waals surface area contributed by atoms with Crippen molar-refractivity contribution in [2.24, 2.45) is 0 Å². The molecular weight excluding hydrogens is 320 g/mol. The molecule has 25 heavy (non-hydrogen) atoms. The van der Waals surface area contributed by atoms with Crippen molar-refractivity contribution in [3.05, 3.63) is 47.9 Å². The van der Waals surface area contributed by atoms with Crippen LogP contribution < -0.4 is 10.6 Å². The van der Waals surface area contributed by atoms with Gasteiger partial charge in [0.15, 0.2) is 0 Å². The number of hydrogen-bond acceptors (Lipinski definition) is 5. The molecule has 0 saturated heterocycles. The molecule has 0 aliphatic heterocycles. The standard InChI is InChI=1S/C19H24N2O4/c1-4-14(5-2)20-16-9-8-13(19(23)24-3)11-17(16)21-18(22)12-15-7-6-10-25-15/h6-11,14,20H,4-5,12H2,1-3H3,(H,21,22). The molecule has 0 aliphatic rings. The van der Waals surface area contributed by atoms with E-state index in [9.17, 15) is 9.59 Å². The van der Waals surface area contributed by atoms with Crippen LogP contribution in [0, 0.1) is 0 Å². The summed E-state index contributed by atoms with van der Waals surface area (Å²) in [7, 11) is 1.33. The number of rotatable bonds is 8. The van der Waals surface area contributed by atoms with Crippen LogP contribution >= 0.6 is 0 Å². The lowest BCUT2D eigenvalue weighted by atomic mass is 10.1. The van der Waals surface area contributed by atoms with E-state index in [4.69, 9.17) is 9.15 Å². The van der Waals surface area contributed by atoms with E-state index in [0.717, 1.165) is 18.5 Å². The number of furan rings is 1. The highest BCUT2D eigenvalue weighted by Gasteiger charge is 2.15. The molecule has 0 bridgehead atoms. The summed E-state index contributed by atoms with van der Waals surface area (Å²) < 4.78 is 9.96. The molecule has 0 unspecified atom stereocenters. The third kappa shape index (κ3) is 5.11. The number of anilines is 2. The molecule has 6 heteroatoms. The summed E-state index contributed by atoms with van der Waals surface area (Å²) in [4.78, 5) is 24.1. The zero-order chi connectivity index (χ0) is 18.2. The monoisotopic (exact) mass is 344 g/mol. The Kier molecular flexibility index (Phi) is 6.62. The highest BCUT2D eigenvalue weighted by Crippen LogP contribution is 2.26. The molecule has 134 valence electrons. The number of benzene rings is 1. The third-order valence-electron chi connectivity index (χ3n) is 3.97. The van der Waals surface area contributed by atoms with E-state index in [2.05, 4.69) is 24.5 Å². The number of carbonyl (C=O) groups is 2. The van der Waals surface area contributed by atoms with Gasteiger partial charge in [0.2, 0.25) is 5.91 Å². The Balaban J connectivity index is 2.23. The fourth-order valence-corrected chi connectivity index (χ4v) is 2.50. The van der Waals surface area contributed by atoms with Crippen LogP contribution in [-0.2, 0) is 16.0 Å². The van der Waals surface area contributed by atoms with E-state index in [1.807, 2.05) is 0 Å². The largest absolute Gasteiger partial charge is 0.469 e. The molecule has 0 radical (unpaired) electrons.